The highest BCUT2D eigenvalue weighted by molar-refractivity contribution is 5.84. The fourth-order valence-electron chi connectivity index (χ4n) is 3.36. The van der Waals surface area contributed by atoms with E-state index in [-0.39, 0.29) is 17.9 Å². The molecule has 1 aliphatic heterocycles. The van der Waals surface area contributed by atoms with Gasteiger partial charge in [0.2, 0.25) is 5.91 Å². The lowest BCUT2D eigenvalue weighted by Gasteiger charge is -2.26. The lowest BCUT2D eigenvalue weighted by molar-refractivity contribution is -0.123. The van der Waals surface area contributed by atoms with Gasteiger partial charge >= 0.3 is 0 Å². The predicted octanol–water partition coefficient (Wildman–Crippen LogP) is 1.47. The molecule has 0 fully saturated rings. The van der Waals surface area contributed by atoms with Gasteiger partial charge in [-0.05, 0) is 27.2 Å². The molecule has 0 aromatic carbocycles. The summed E-state index contributed by atoms with van der Waals surface area (Å²) in [6, 6.07) is 0.175. The molecule has 0 spiro atoms. The molecule has 3 rings (SSSR count). The number of aromatic nitrogens is 4. The summed E-state index contributed by atoms with van der Waals surface area (Å²) in [4.78, 5) is 16.9. The van der Waals surface area contributed by atoms with E-state index in [1.807, 2.05) is 44.9 Å². The van der Waals surface area contributed by atoms with E-state index in [9.17, 15) is 4.79 Å². The lowest BCUT2D eigenvalue weighted by Crippen LogP contribution is -2.42. The number of nitrogens with one attached hydrogen (secondary N) is 1. The maximum Gasteiger partial charge on any atom is 0.227 e. The third-order valence-corrected chi connectivity index (χ3v) is 4.67. The van der Waals surface area contributed by atoms with Crippen LogP contribution in [0.3, 0.4) is 0 Å². The van der Waals surface area contributed by atoms with Crippen LogP contribution in [0, 0.1) is 13.8 Å². The Morgan fingerprint density at radius 3 is 2.91 bits per heavy atom. The Morgan fingerprint density at radius 2 is 2.23 bits per heavy atom. The van der Waals surface area contributed by atoms with E-state index in [1.54, 1.807) is 0 Å². The Morgan fingerprint density at radius 1 is 1.45 bits per heavy atom. The molecule has 0 saturated carbocycles. The molecule has 0 saturated heterocycles. The number of hydrogen-bond donors (Lipinski definition) is 1. The highest BCUT2D eigenvalue weighted by Gasteiger charge is 2.26. The summed E-state index contributed by atoms with van der Waals surface area (Å²) in [5, 5.41) is 7.59. The molecule has 0 aliphatic carbocycles. The van der Waals surface area contributed by atoms with Gasteiger partial charge in [-0.2, -0.15) is 5.10 Å². The molecule has 2 aromatic heterocycles. The Labute approximate surface area is 130 Å². The zero-order chi connectivity index (χ0) is 15.9. The minimum Gasteiger partial charge on any atom is -0.351 e. The van der Waals surface area contributed by atoms with E-state index < -0.39 is 0 Å². The van der Waals surface area contributed by atoms with Crippen molar-refractivity contribution in [2.24, 2.45) is 7.05 Å². The van der Waals surface area contributed by atoms with Gasteiger partial charge in [-0.1, -0.05) is 0 Å². The van der Waals surface area contributed by atoms with Crippen LogP contribution in [0.2, 0.25) is 0 Å². The van der Waals surface area contributed by atoms with Crippen LogP contribution in [0.5, 0.6) is 0 Å². The van der Waals surface area contributed by atoms with Gasteiger partial charge in [-0.15, -0.1) is 0 Å². The molecule has 118 valence electrons. The molecule has 0 radical (unpaired) electrons. The quantitative estimate of drug-likeness (QED) is 0.933. The normalized spacial score (nSPS) is 18.8. The second kappa shape index (κ2) is 5.59. The van der Waals surface area contributed by atoms with Crippen LogP contribution in [0.4, 0.5) is 0 Å². The topological polar surface area (TPSA) is 64.7 Å². The lowest BCUT2D eigenvalue weighted by atomic mass is 9.97. The van der Waals surface area contributed by atoms with Crippen molar-refractivity contribution in [1.82, 2.24) is 24.6 Å². The fourth-order valence-corrected chi connectivity index (χ4v) is 3.36. The van der Waals surface area contributed by atoms with E-state index in [0.717, 1.165) is 42.2 Å². The summed E-state index contributed by atoms with van der Waals surface area (Å²) in [7, 11) is 1.91. The third-order valence-electron chi connectivity index (χ3n) is 4.67. The summed E-state index contributed by atoms with van der Waals surface area (Å²) >= 11 is 0. The SMILES string of the molecule is Cc1nn(C)c(C)c1[C@H](C)C(=O)N[C@@H]1CCc2nccn2C1. The number of carbonyl (C=O) groups is 1. The molecule has 0 unspecified atom stereocenters. The number of rotatable bonds is 3. The van der Waals surface area contributed by atoms with Crippen LogP contribution < -0.4 is 5.32 Å². The number of amides is 1. The highest BCUT2D eigenvalue weighted by Crippen LogP contribution is 2.23. The summed E-state index contributed by atoms with van der Waals surface area (Å²) in [5.41, 5.74) is 3.03. The van der Waals surface area contributed by atoms with Crippen molar-refractivity contribution < 1.29 is 4.79 Å². The van der Waals surface area contributed by atoms with Gasteiger partial charge in [0.1, 0.15) is 5.82 Å². The Balaban J connectivity index is 1.70. The van der Waals surface area contributed by atoms with Gasteiger partial charge in [0, 0.05) is 49.7 Å². The zero-order valence-corrected chi connectivity index (χ0v) is 13.6. The molecule has 0 bridgehead atoms. The molecule has 2 atom stereocenters. The fraction of sp³-hybridized carbons (Fsp3) is 0.562. The van der Waals surface area contributed by atoms with Gasteiger partial charge in [0.05, 0.1) is 11.6 Å². The Hall–Kier alpha value is -2.11. The minimum absolute atomic E-state index is 0.0766. The van der Waals surface area contributed by atoms with Crippen LogP contribution >= 0.6 is 0 Å². The smallest absolute Gasteiger partial charge is 0.227 e. The first-order chi connectivity index (χ1) is 10.5. The van der Waals surface area contributed by atoms with Crippen molar-refractivity contribution in [3.63, 3.8) is 0 Å². The van der Waals surface area contributed by atoms with Crippen LogP contribution in [-0.4, -0.2) is 31.3 Å². The summed E-state index contributed by atoms with van der Waals surface area (Å²) in [6.07, 6.45) is 5.66. The van der Waals surface area contributed by atoms with Crippen molar-refractivity contribution in [2.75, 3.05) is 0 Å². The van der Waals surface area contributed by atoms with E-state index in [4.69, 9.17) is 0 Å². The standard InChI is InChI=1S/C16H23N5O/c1-10(15-11(2)19-20(4)12(15)3)16(22)18-13-5-6-14-17-7-8-21(14)9-13/h7-8,10,13H,5-6,9H2,1-4H3,(H,18,22)/t10-,13+/m0/s1. The third kappa shape index (κ3) is 2.53. The van der Waals surface area contributed by atoms with Gasteiger partial charge < -0.3 is 9.88 Å². The number of aryl methyl sites for hydroxylation is 3. The molecule has 2 aromatic rings. The molecular weight excluding hydrogens is 278 g/mol. The van der Waals surface area contributed by atoms with E-state index in [2.05, 4.69) is 20.0 Å². The average Bonchev–Trinajstić information content (AvgIpc) is 3.03. The largest absolute Gasteiger partial charge is 0.351 e. The van der Waals surface area contributed by atoms with E-state index in [0.29, 0.717) is 0 Å². The van der Waals surface area contributed by atoms with Gasteiger partial charge in [-0.25, -0.2) is 4.98 Å². The van der Waals surface area contributed by atoms with Crippen LogP contribution in [0.1, 0.15) is 42.0 Å². The van der Waals surface area contributed by atoms with Crippen LogP contribution in [0.25, 0.3) is 0 Å². The Kier molecular flexibility index (Phi) is 3.76. The number of imidazole rings is 1. The van der Waals surface area contributed by atoms with E-state index >= 15 is 0 Å². The number of fused-ring (bicyclic) bond motifs is 1. The number of hydrogen-bond acceptors (Lipinski definition) is 3. The van der Waals surface area contributed by atoms with Crippen molar-refractivity contribution in [3.8, 4) is 0 Å². The van der Waals surface area contributed by atoms with Crippen molar-refractivity contribution in [3.05, 3.63) is 35.2 Å². The molecule has 3 heterocycles. The van der Waals surface area contributed by atoms with Crippen LogP contribution in [0.15, 0.2) is 12.4 Å². The Bertz CT molecular complexity index is 699. The van der Waals surface area contributed by atoms with Gasteiger partial charge in [0.15, 0.2) is 0 Å². The number of carbonyl (C=O) groups excluding carboxylic acids is 1. The molecule has 1 aliphatic rings. The summed E-state index contributed by atoms with van der Waals surface area (Å²) in [6.45, 7) is 6.73. The monoisotopic (exact) mass is 301 g/mol. The first-order valence-corrected chi connectivity index (χ1v) is 7.78. The predicted molar refractivity (Wildman–Crippen MR) is 83.6 cm³/mol. The van der Waals surface area contributed by atoms with E-state index in [1.165, 1.54) is 0 Å². The molecular formula is C16H23N5O. The molecule has 1 N–H and O–H groups in total. The minimum atomic E-state index is -0.183. The number of nitrogens with zero attached hydrogens (tertiary/aromatic N) is 4. The zero-order valence-electron chi connectivity index (χ0n) is 13.6. The maximum atomic E-state index is 12.6. The van der Waals surface area contributed by atoms with Gasteiger partial charge in [-0.3, -0.25) is 9.48 Å². The maximum absolute atomic E-state index is 12.6. The highest BCUT2D eigenvalue weighted by atomic mass is 16.1. The van der Waals surface area contributed by atoms with Crippen molar-refractivity contribution in [1.29, 1.82) is 0 Å². The van der Waals surface area contributed by atoms with Gasteiger partial charge in [0.25, 0.3) is 0 Å². The molecule has 6 heteroatoms. The summed E-state index contributed by atoms with van der Waals surface area (Å²) in [5.74, 6) is 1.00. The van der Waals surface area contributed by atoms with Crippen molar-refractivity contribution >= 4 is 5.91 Å². The van der Waals surface area contributed by atoms with Crippen LogP contribution in [-0.2, 0) is 24.8 Å². The first-order valence-electron chi connectivity index (χ1n) is 7.78. The average molecular weight is 301 g/mol. The second-order valence-corrected chi connectivity index (χ2v) is 6.17. The second-order valence-electron chi connectivity index (χ2n) is 6.17. The molecule has 6 nitrogen and oxygen atoms in total. The molecule has 1 amide bonds. The first kappa shape index (κ1) is 14.8. The van der Waals surface area contributed by atoms with Crippen molar-refractivity contribution in [2.45, 2.75) is 52.1 Å². The molecule has 22 heavy (non-hydrogen) atoms. The summed E-state index contributed by atoms with van der Waals surface area (Å²) < 4.78 is 3.96.